The zero-order valence-corrected chi connectivity index (χ0v) is 14.5. The highest BCUT2D eigenvalue weighted by molar-refractivity contribution is 14.1. The predicted molar refractivity (Wildman–Crippen MR) is 96.8 cm³/mol. The molecule has 0 spiro atoms. The maximum atomic E-state index is 12.1. The van der Waals surface area contributed by atoms with Crippen LogP contribution in [0, 0.1) is 3.57 Å². The number of benzene rings is 1. The lowest BCUT2D eigenvalue weighted by atomic mass is 9.96. The van der Waals surface area contributed by atoms with Crippen LogP contribution >= 0.6 is 22.6 Å². The van der Waals surface area contributed by atoms with Gasteiger partial charge in [-0.25, -0.2) is 0 Å². The molecule has 2 heterocycles. The zero-order chi connectivity index (χ0) is 17.3. The molecule has 0 saturated carbocycles. The first-order valence-corrected chi connectivity index (χ1v) is 8.06. The quantitative estimate of drug-likeness (QED) is 0.328. The number of anilines is 1. The lowest BCUT2D eigenvalue weighted by molar-refractivity contribution is -0.114. The average Bonchev–Trinajstić information content (AvgIpc) is 2.53. The van der Waals surface area contributed by atoms with Crippen LogP contribution in [0.3, 0.4) is 0 Å². The van der Waals surface area contributed by atoms with E-state index in [4.69, 9.17) is 5.73 Å². The van der Waals surface area contributed by atoms with Gasteiger partial charge in [0.25, 0.3) is 11.8 Å². The predicted octanol–water partition coefficient (Wildman–Crippen LogP) is 1.37. The van der Waals surface area contributed by atoms with Crippen LogP contribution in [0.1, 0.15) is 21.6 Å². The van der Waals surface area contributed by atoms with Crippen molar-refractivity contribution in [1.29, 1.82) is 0 Å². The van der Waals surface area contributed by atoms with Crippen LogP contribution in [0.5, 0.6) is 5.75 Å². The number of carbonyl (C=O) groups is 2. The summed E-state index contributed by atoms with van der Waals surface area (Å²) < 4.78 is 0.921. The number of nitrogen functional groups attached to an aromatic ring is 1. The summed E-state index contributed by atoms with van der Waals surface area (Å²) in [6, 6.07) is 6.72. The first kappa shape index (κ1) is 16.2. The molecule has 1 aromatic carbocycles. The molecule has 2 aromatic rings. The second-order valence-corrected chi connectivity index (χ2v) is 6.39. The smallest absolute Gasteiger partial charge is 0.260 e. The Hall–Kier alpha value is -2.62. The highest BCUT2D eigenvalue weighted by Crippen LogP contribution is 2.25. The number of pyridine rings is 1. The molecule has 0 bridgehead atoms. The summed E-state index contributed by atoms with van der Waals surface area (Å²) in [7, 11) is 0. The first-order valence-electron chi connectivity index (χ1n) is 6.98. The van der Waals surface area contributed by atoms with E-state index >= 15 is 0 Å². The van der Waals surface area contributed by atoms with Gasteiger partial charge in [-0.1, -0.05) is 0 Å². The van der Waals surface area contributed by atoms with Crippen LogP contribution in [0.2, 0.25) is 0 Å². The lowest BCUT2D eigenvalue weighted by Crippen LogP contribution is -2.37. The molecular formula is C16H13IN4O3. The Bertz CT molecular complexity index is 880. The third-order valence-electron chi connectivity index (χ3n) is 3.49. The van der Waals surface area contributed by atoms with Crippen LogP contribution in [0.15, 0.2) is 36.7 Å². The number of nitrogens with one attached hydrogen (secondary N) is 2. The van der Waals surface area contributed by atoms with Crippen molar-refractivity contribution in [3.8, 4) is 5.75 Å². The summed E-state index contributed by atoms with van der Waals surface area (Å²) in [4.78, 5) is 28.1. The van der Waals surface area contributed by atoms with Crippen molar-refractivity contribution in [2.45, 2.75) is 6.54 Å². The van der Waals surface area contributed by atoms with E-state index in [-0.39, 0.29) is 18.0 Å². The fraction of sp³-hybridized carbons (Fsp3) is 0.0625. The standard InChI is InChI=1S/C16H13IN4O3/c17-8-1-2-10-11(3-8)12(16(24)21-15(10)23)6-19-5-9-4-14(22)13(18)7-20-9/h1-4,6-7,19H,5,18H2,(H,20,22)(H,21,23,24)/b12-6+. The number of rotatable bonds is 3. The molecule has 0 radical (unpaired) electrons. The molecule has 122 valence electrons. The molecule has 1 aliphatic rings. The van der Waals surface area contributed by atoms with Crippen molar-refractivity contribution in [2.75, 3.05) is 5.73 Å². The maximum Gasteiger partial charge on any atom is 0.260 e. The molecule has 0 fully saturated rings. The minimum atomic E-state index is -0.463. The number of aromatic hydroxyl groups is 1. The number of hydrogen-bond donors (Lipinski definition) is 4. The van der Waals surface area contributed by atoms with Crippen LogP contribution < -0.4 is 16.4 Å². The van der Waals surface area contributed by atoms with Crippen molar-refractivity contribution in [3.63, 3.8) is 0 Å². The molecule has 0 unspecified atom stereocenters. The van der Waals surface area contributed by atoms with Gasteiger partial charge in [0.05, 0.1) is 29.7 Å². The van der Waals surface area contributed by atoms with Crippen LogP contribution in [-0.2, 0) is 11.3 Å². The monoisotopic (exact) mass is 436 g/mol. The van der Waals surface area contributed by atoms with Gasteiger partial charge in [0, 0.05) is 27.0 Å². The van der Waals surface area contributed by atoms with E-state index < -0.39 is 11.8 Å². The molecule has 5 N–H and O–H groups in total. The van der Waals surface area contributed by atoms with Gasteiger partial charge in [-0.3, -0.25) is 19.9 Å². The van der Waals surface area contributed by atoms with Gasteiger partial charge in [-0.05, 0) is 40.8 Å². The Kier molecular flexibility index (Phi) is 4.38. The summed E-state index contributed by atoms with van der Waals surface area (Å²) >= 11 is 2.12. The molecule has 1 aliphatic heterocycles. The van der Waals surface area contributed by atoms with E-state index in [1.54, 1.807) is 18.2 Å². The molecule has 1 aromatic heterocycles. The molecule has 0 aliphatic carbocycles. The summed E-state index contributed by atoms with van der Waals surface area (Å²) in [5, 5.41) is 14.9. The van der Waals surface area contributed by atoms with Crippen LogP contribution in [0.25, 0.3) is 5.57 Å². The number of nitrogens with two attached hydrogens (primary N) is 1. The summed E-state index contributed by atoms with van der Waals surface area (Å²) in [6.07, 6.45) is 2.90. The Morgan fingerprint density at radius 2 is 2.04 bits per heavy atom. The first-order chi connectivity index (χ1) is 11.5. The van der Waals surface area contributed by atoms with Crippen molar-refractivity contribution >= 4 is 45.7 Å². The highest BCUT2D eigenvalue weighted by atomic mass is 127. The van der Waals surface area contributed by atoms with Crippen molar-refractivity contribution in [3.05, 3.63) is 57.1 Å². The van der Waals surface area contributed by atoms with Gasteiger partial charge in [0.2, 0.25) is 0 Å². The largest absolute Gasteiger partial charge is 0.506 e. The number of aromatic nitrogens is 1. The highest BCUT2D eigenvalue weighted by Gasteiger charge is 2.27. The van der Waals surface area contributed by atoms with E-state index in [9.17, 15) is 14.7 Å². The van der Waals surface area contributed by atoms with E-state index in [1.807, 2.05) is 0 Å². The second-order valence-electron chi connectivity index (χ2n) is 5.15. The Morgan fingerprint density at radius 3 is 2.79 bits per heavy atom. The number of amides is 2. The van der Waals surface area contributed by atoms with Crippen LogP contribution in [0.4, 0.5) is 5.69 Å². The van der Waals surface area contributed by atoms with E-state index in [0.717, 1.165) is 3.57 Å². The summed E-state index contributed by atoms with van der Waals surface area (Å²) in [6.45, 7) is 0.290. The van der Waals surface area contributed by atoms with Gasteiger partial charge < -0.3 is 16.2 Å². The normalized spacial score (nSPS) is 15.1. The second kappa shape index (κ2) is 6.48. The van der Waals surface area contributed by atoms with E-state index in [2.05, 4.69) is 38.2 Å². The molecular weight excluding hydrogens is 423 g/mol. The molecule has 2 amide bonds. The topological polar surface area (TPSA) is 117 Å². The van der Waals surface area contributed by atoms with Crippen molar-refractivity contribution in [2.24, 2.45) is 0 Å². The van der Waals surface area contributed by atoms with Gasteiger partial charge in [-0.15, -0.1) is 0 Å². The number of nitrogens with zero attached hydrogens (tertiary/aromatic N) is 1. The average molecular weight is 436 g/mol. The van der Waals surface area contributed by atoms with Gasteiger partial charge in [0.15, 0.2) is 0 Å². The number of halogens is 1. The van der Waals surface area contributed by atoms with E-state index in [0.29, 0.717) is 22.4 Å². The lowest BCUT2D eigenvalue weighted by Gasteiger charge is -2.18. The zero-order valence-electron chi connectivity index (χ0n) is 12.3. The summed E-state index contributed by atoms with van der Waals surface area (Å²) in [5.41, 5.74) is 7.66. The minimum absolute atomic E-state index is 0.0460. The Labute approximate surface area is 151 Å². The number of hydrogen-bond acceptors (Lipinski definition) is 6. The van der Waals surface area contributed by atoms with Gasteiger partial charge >= 0.3 is 0 Å². The number of carbonyl (C=O) groups excluding carboxylic acids is 2. The van der Waals surface area contributed by atoms with Crippen molar-refractivity contribution < 1.29 is 14.7 Å². The van der Waals surface area contributed by atoms with Crippen molar-refractivity contribution in [1.82, 2.24) is 15.6 Å². The third kappa shape index (κ3) is 3.18. The van der Waals surface area contributed by atoms with E-state index in [1.165, 1.54) is 18.5 Å². The summed E-state index contributed by atoms with van der Waals surface area (Å²) in [5.74, 6) is -0.917. The fourth-order valence-electron chi connectivity index (χ4n) is 2.29. The molecule has 7 nitrogen and oxygen atoms in total. The maximum absolute atomic E-state index is 12.1. The Balaban J connectivity index is 1.85. The third-order valence-corrected chi connectivity index (χ3v) is 4.16. The Morgan fingerprint density at radius 1 is 1.25 bits per heavy atom. The van der Waals surface area contributed by atoms with Crippen LogP contribution in [-0.4, -0.2) is 21.9 Å². The molecule has 24 heavy (non-hydrogen) atoms. The fourth-order valence-corrected chi connectivity index (χ4v) is 2.78. The van der Waals surface area contributed by atoms with Gasteiger partial charge in [-0.2, -0.15) is 0 Å². The number of fused-ring (bicyclic) bond motifs is 1. The molecule has 8 heteroatoms. The molecule has 0 atom stereocenters. The number of imide groups is 1. The minimum Gasteiger partial charge on any atom is -0.506 e. The molecule has 0 saturated heterocycles. The molecule has 3 rings (SSSR count). The SMILES string of the molecule is Nc1cnc(CN/C=C2/C(=O)NC(=O)c3ccc(I)cc32)cc1O. The van der Waals surface area contributed by atoms with Gasteiger partial charge in [0.1, 0.15) is 5.75 Å².